The smallest absolute Gasteiger partial charge is 0.214 e. The van der Waals surface area contributed by atoms with Crippen LogP contribution in [0.2, 0.25) is 0 Å². The molecule has 1 aliphatic heterocycles. The number of hydrogen-bond acceptors (Lipinski definition) is 4. The molecule has 1 aromatic rings. The zero-order valence-corrected chi connectivity index (χ0v) is 12.5. The van der Waals surface area contributed by atoms with E-state index < -0.39 is 10.0 Å². The van der Waals surface area contributed by atoms with Gasteiger partial charge in [0.2, 0.25) is 10.0 Å². The van der Waals surface area contributed by atoms with Gasteiger partial charge in [0.05, 0.1) is 18.0 Å². The molecule has 0 bridgehead atoms. The third-order valence-corrected chi connectivity index (χ3v) is 5.63. The first kappa shape index (κ1) is 15.2. The molecule has 112 valence electrons. The molecule has 1 aliphatic rings. The Labute approximate surface area is 120 Å². The predicted molar refractivity (Wildman–Crippen MR) is 77.7 cm³/mol. The Morgan fingerprint density at radius 1 is 1.35 bits per heavy atom. The summed E-state index contributed by atoms with van der Waals surface area (Å²) < 4.78 is 28.0. The van der Waals surface area contributed by atoms with Crippen LogP contribution in [0.3, 0.4) is 0 Å². The molecule has 20 heavy (non-hydrogen) atoms. The molecule has 0 aliphatic carbocycles. The SMILES string of the molecule is C=CCCCS(=O)(=O)N1CCCC(n2ccnn2)CC1. The quantitative estimate of drug-likeness (QED) is 0.591. The van der Waals surface area contributed by atoms with E-state index >= 15 is 0 Å². The third-order valence-electron chi connectivity index (χ3n) is 3.68. The Balaban J connectivity index is 1.93. The van der Waals surface area contributed by atoms with E-state index in [0.717, 1.165) is 25.7 Å². The lowest BCUT2D eigenvalue weighted by Crippen LogP contribution is -2.34. The van der Waals surface area contributed by atoms with Gasteiger partial charge >= 0.3 is 0 Å². The molecule has 6 nitrogen and oxygen atoms in total. The van der Waals surface area contributed by atoms with E-state index in [1.54, 1.807) is 16.6 Å². The van der Waals surface area contributed by atoms with E-state index in [1.165, 1.54) is 0 Å². The zero-order chi connectivity index (χ0) is 14.4. The average molecular weight is 298 g/mol. The molecule has 0 N–H and O–H groups in total. The molecular formula is C13H22N4O2S. The molecular weight excluding hydrogens is 276 g/mol. The highest BCUT2D eigenvalue weighted by Crippen LogP contribution is 2.23. The van der Waals surface area contributed by atoms with Crippen LogP contribution in [0, 0.1) is 0 Å². The van der Waals surface area contributed by atoms with Gasteiger partial charge in [-0.05, 0) is 32.1 Å². The topological polar surface area (TPSA) is 68.1 Å². The standard InChI is InChI=1S/C13H22N4O2S/c1-2-3-4-12-20(18,19)16-9-5-6-13(7-10-16)17-11-8-14-15-17/h2,8,11,13H,1,3-7,9-10,12H2. The summed E-state index contributed by atoms with van der Waals surface area (Å²) in [5, 5.41) is 7.83. The third kappa shape index (κ3) is 3.89. The van der Waals surface area contributed by atoms with Gasteiger partial charge in [0.15, 0.2) is 0 Å². The first-order chi connectivity index (χ1) is 9.63. The fourth-order valence-electron chi connectivity index (χ4n) is 2.55. The first-order valence-corrected chi connectivity index (χ1v) is 8.69. The molecule has 7 heteroatoms. The molecule has 0 saturated carbocycles. The lowest BCUT2D eigenvalue weighted by Gasteiger charge is -2.20. The summed E-state index contributed by atoms with van der Waals surface area (Å²) in [7, 11) is -3.13. The molecule has 2 heterocycles. The normalized spacial score (nSPS) is 21.5. The van der Waals surface area contributed by atoms with Gasteiger partial charge in [-0.2, -0.15) is 0 Å². The van der Waals surface area contributed by atoms with E-state index in [-0.39, 0.29) is 11.8 Å². The van der Waals surface area contributed by atoms with Crippen LogP contribution < -0.4 is 0 Å². The van der Waals surface area contributed by atoms with Crippen LogP contribution in [-0.2, 0) is 10.0 Å². The van der Waals surface area contributed by atoms with E-state index in [4.69, 9.17) is 0 Å². The van der Waals surface area contributed by atoms with Gasteiger partial charge in [-0.1, -0.05) is 11.3 Å². The van der Waals surface area contributed by atoms with Gasteiger partial charge in [0, 0.05) is 19.3 Å². The van der Waals surface area contributed by atoms with Crippen LogP contribution in [0.5, 0.6) is 0 Å². The number of hydrogen-bond donors (Lipinski definition) is 0. The number of nitrogens with zero attached hydrogens (tertiary/aromatic N) is 4. The minimum absolute atomic E-state index is 0.215. The second-order valence-corrected chi connectivity index (χ2v) is 7.20. The van der Waals surface area contributed by atoms with E-state index in [0.29, 0.717) is 19.5 Å². The maximum Gasteiger partial charge on any atom is 0.214 e. The summed E-state index contributed by atoms with van der Waals surface area (Å²) in [4.78, 5) is 0. The predicted octanol–water partition coefficient (Wildman–Crippen LogP) is 1.60. The van der Waals surface area contributed by atoms with Gasteiger partial charge in [-0.25, -0.2) is 17.4 Å². The molecule has 0 spiro atoms. The minimum Gasteiger partial charge on any atom is -0.249 e. The summed E-state index contributed by atoms with van der Waals surface area (Å²) in [5.41, 5.74) is 0. The fourth-order valence-corrected chi connectivity index (χ4v) is 4.13. The van der Waals surface area contributed by atoms with Gasteiger partial charge < -0.3 is 0 Å². The Morgan fingerprint density at radius 2 is 2.20 bits per heavy atom. The maximum atomic E-state index is 12.3. The van der Waals surface area contributed by atoms with E-state index in [1.807, 2.05) is 10.9 Å². The van der Waals surface area contributed by atoms with Crippen molar-refractivity contribution in [3.05, 3.63) is 25.0 Å². The molecule has 0 radical (unpaired) electrons. The molecule has 0 aromatic carbocycles. The monoisotopic (exact) mass is 298 g/mol. The number of sulfonamides is 1. The Morgan fingerprint density at radius 3 is 2.90 bits per heavy atom. The first-order valence-electron chi connectivity index (χ1n) is 7.08. The van der Waals surface area contributed by atoms with Crippen LogP contribution in [0.15, 0.2) is 25.0 Å². The number of rotatable bonds is 6. The van der Waals surface area contributed by atoms with Gasteiger partial charge in [-0.15, -0.1) is 11.7 Å². The lowest BCUT2D eigenvalue weighted by molar-refractivity contribution is 0.385. The van der Waals surface area contributed by atoms with Gasteiger partial charge in [0.1, 0.15) is 0 Å². The van der Waals surface area contributed by atoms with Crippen molar-refractivity contribution in [2.75, 3.05) is 18.8 Å². The van der Waals surface area contributed by atoms with Crippen LogP contribution >= 0.6 is 0 Å². The summed E-state index contributed by atoms with van der Waals surface area (Å²) >= 11 is 0. The van der Waals surface area contributed by atoms with E-state index in [2.05, 4.69) is 16.9 Å². The van der Waals surface area contributed by atoms with Gasteiger partial charge in [-0.3, -0.25) is 0 Å². The van der Waals surface area contributed by atoms with Crippen molar-refractivity contribution in [3.63, 3.8) is 0 Å². The largest absolute Gasteiger partial charge is 0.249 e. The highest BCUT2D eigenvalue weighted by molar-refractivity contribution is 7.89. The minimum atomic E-state index is -3.13. The van der Waals surface area contributed by atoms with Crippen LogP contribution in [0.4, 0.5) is 0 Å². The van der Waals surface area contributed by atoms with Crippen LogP contribution in [0.1, 0.15) is 38.1 Å². The lowest BCUT2D eigenvalue weighted by atomic mass is 10.1. The Hall–Kier alpha value is -1.21. The Bertz CT molecular complexity index is 512. The molecule has 1 fully saturated rings. The van der Waals surface area contributed by atoms with Crippen molar-refractivity contribution in [1.82, 2.24) is 19.3 Å². The highest BCUT2D eigenvalue weighted by Gasteiger charge is 2.26. The number of allylic oxidation sites excluding steroid dienone is 1. The number of aromatic nitrogens is 3. The molecule has 1 aromatic heterocycles. The molecule has 1 atom stereocenters. The second kappa shape index (κ2) is 6.99. The summed E-state index contributed by atoms with van der Waals surface area (Å²) in [6.07, 6.45) is 9.27. The fraction of sp³-hybridized carbons (Fsp3) is 0.692. The van der Waals surface area contributed by atoms with Crippen molar-refractivity contribution in [2.24, 2.45) is 0 Å². The van der Waals surface area contributed by atoms with Gasteiger partial charge in [0.25, 0.3) is 0 Å². The van der Waals surface area contributed by atoms with Crippen molar-refractivity contribution in [1.29, 1.82) is 0 Å². The van der Waals surface area contributed by atoms with Crippen molar-refractivity contribution < 1.29 is 8.42 Å². The average Bonchev–Trinajstić information content (AvgIpc) is 2.83. The van der Waals surface area contributed by atoms with Crippen molar-refractivity contribution in [2.45, 2.75) is 38.1 Å². The van der Waals surface area contributed by atoms with Crippen molar-refractivity contribution >= 4 is 10.0 Å². The molecule has 2 rings (SSSR count). The summed E-state index contributed by atoms with van der Waals surface area (Å²) in [5.74, 6) is 0.215. The zero-order valence-electron chi connectivity index (χ0n) is 11.7. The summed E-state index contributed by atoms with van der Waals surface area (Å²) in [6.45, 7) is 4.81. The summed E-state index contributed by atoms with van der Waals surface area (Å²) in [6, 6.07) is 0.255. The highest BCUT2D eigenvalue weighted by atomic mass is 32.2. The maximum absolute atomic E-state index is 12.3. The van der Waals surface area contributed by atoms with Crippen LogP contribution in [0.25, 0.3) is 0 Å². The van der Waals surface area contributed by atoms with Crippen LogP contribution in [-0.4, -0.2) is 46.6 Å². The van der Waals surface area contributed by atoms with Crippen molar-refractivity contribution in [3.8, 4) is 0 Å². The number of unbranched alkanes of at least 4 members (excludes halogenated alkanes) is 1. The Kier molecular flexibility index (Phi) is 5.31. The molecule has 1 unspecified atom stereocenters. The molecule has 1 saturated heterocycles. The van der Waals surface area contributed by atoms with E-state index in [9.17, 15) is 8.42 Å². The second-order valence-electron chi connectivity index (χ2n) is 5.11. The molecule has 0 amide bonds.